The largest absolute Gasteiger partial charge is 0.481 e. The number of halogens is 1. The molecule has 2 unspecified atom stereocenters. The number of hydrogen-bond acceptors (Lipinski definition) is 3. The standard InChI is InChI=1S/C26H26FNO4/c27-22-13-11-21(12-14-22)25(30)28-17-16-23(26(31)32)24(29)15-8-18-6-9-20(10-7-18)19-4-2-1-3-5-19/h1-7,9-14,23-24,29H,8,15-17H2,(H,28,30)(H,31,32). The number of carboxylic acids is 1. The smallest absolute Gasteiger partial charge is 0.309 e. The molecule has 32 heavy (non-hydrogen) atoms. The molecule has 3 aromatic rings. The predicted molar refractivity (Wildman–Crippen MR) is 121 cm³/mol. The molecular weight excluding hydrogens is 409 g/mol. The van der Waals surface area contributed by atoms with Gasteiger partial charge in [-0.3, -0.25) is 9.59 Å². The van der Waals surface area contributed by atoms with E-state index in [-0.39, 0.29) is 18.5 Å². The van der Waals surface area contributed by atoms with E-state index < -0.39 is 29.7 Å². The van der Waals surface area contributed by atoms with Crippen LogP contribution in [0.15, 0.2) is 78.9 Å². The van der Waals surface area contributed by atoms with Gasteiger partial charge in [0.15, 0.2) is 0 Å². The van der Waals surface area contributed by atoms with Crippen molar-refractivity contribution >= 4 is 11.9 Å². The van der Waals surface area contributed by atoms with Crippen LogP contribution in [0.25, 0.3) is 11.1 Å². The Bertz CT molecular complexity index is 1020. The van der Waals surface area contributed by atoms with Crippen LogP contribution >= 0.6 is 0 Å². The van der Waals surface area contributed by atoms with Crippen molar-refractivity contribution in [3.63, 3.8) is 0 Å². The summed E-state index contributed by atoms with van der Waals surface area (Å²) in [6, 6.07) is 23.1. The number of carboxylic acid groups (broad SMARTS) is 1. The number of rotatable bonds is 10. The van der Waals surface area contributed by atoms with Crippen LogP contribution in [0.2, 0.25) is 0 Å². The summed E-state index contributed by atoms with van der Waals surface area (Å²) in [7, 11) is 0. The van der Waals surface area contributed by atoms with Crippen molar-refractivity contribution in [3.05, 3.63) is 95.8 Å². The van der Waals surface area contributed by atoms with Crippen LogP contribution in [0.5, 0.6) is 0 Å². The van der Waals surface area contributed by atoms with Crippen LogP contribution in [0.4, 0.5) is 4.39 Å². The van der Waals surface area contributed by atoms with E-state index in [1.54, 1.807) is 0 Å². The van der Waals surface area contributed by atoms with Crippen LogP contribution in [0.3, 0.4) is 0 Å². The summed E-state index contributed by atoms with van der Waals surface area (Å²) < 4.78 is 13.0. The Balaban J connectivity index is 1.49. The number of aliphatic hydroxyl groups is 1. The summed E-state index contributed by atoms with van der Waals surface area (Å²) in [5.41, 5.74) is 3.51. The maximum atomic E-state index is 13.0. The highest BCUT2D eigenvalue weighted by Crippen LogP contribution is 2.21. The van der Waals surface area contributed by atoms with Gasteiger partial charge in [-0.1, -0.05) is 54.6 Å². The minimum absolute atomic E-state index is 0.0933. The second kappa shape index (κ2) is 11.2. The zero-order chi connectivity index (χ0) is 22.9. The molecule has 0 aromatic heterocycles. The lowest BCUT2D eigenvalue weighted by Gasteiger charge is -2.19. The quantitative estimate of drug-likeness (QED) is 0.443. The second-order valence-corrected chi connectivity index (χ2v) is 7.67. The van der Waals surface area contributed by atoms with Gasteiger partial charge in [0.05, 0.1) is 12.0 Å². The van der Waals surface area contributed by atoms with Gasteiger partial charge in [-0.15, -0.1) is 0 Å². The van der Waals surface area contributed by atoms with Crippen LogP contribution in [0.1, 0.15) is 28.8 Å². The Morgan fingerprint density at radius 2 is 1.47 bits per heavy atom. The van der Waals surface area contributed by atoms with Gasteiger partial charge in [0.2, 0.25) is 0 Å². The third-order valence-corrected chi connectivity index (χ3v) is 5.42. The van der Waals surface area contributed by atoms with Crippen LogP contribution in [0, 0.1) is 11.7 Å². The first-order valence-electron chi connectivity index (χ1n) is 10.5. The highest BCUT2D eigenvalue weighted by atomic mass is 19.1. The number of amides is 1. The molecule has 166 valence electrons. The SMILES string of the molecule is O=C(NCCC(C(=O)O)C(O)CCc1ccc(-c2ccccc2)cc1)c1ccc(F)cc1. The van der Waals surface area contributed by atoms with Gasteiger partial charge in [0.1, 0.15) is 5.82 Å². The topological polar surface area (TPSA) is 86.6 Å². The third kappa shape index (κ3) is 6.49. The Labute approximate surface area is 186 Å². The molecule has 2 atom stereocenters. The number of carbonyl (C=O) groups is 2. The zero-order valence-electron chi connectivity index (χ0n) is 17.6. The van der Waals surface area contributed by atoms with Crippen LogP contribution < -0.4 is 5.32 Å². The molecule has 6 heteroatoms. The maximum absolute atomic E-state index is 13.0. The number of aliphatic hydroxyl groups excluding tert-OH is 1. The number of carbonyl (C=O) groups excluding carboxylic acids is 1. The summed E-state index contributed by atoms with van der Waals surface area (Å²) in [6.45, 7) is 0.0933. The predicted octanol–water partition coefficient (Wildman–Crippen LogP) is 4.31. The summed E-state index contributed by atoms with van der Waals surface area (Å²) in [4.78, 5) is 23.7. The normalized spacial score (nSPS) is 12.7. The second-order valence-electron chi connectivity index (χ2n) is 7.67. The minimum atomic E-state index is -1.10. The molecule has 5 nitrogen and oxygen atoms in total. The minimum Gasteiger partial charge on any atom is -0.481 e. The van der Waals surface area contributed by atoms with Crippen molar-refractivity contribution in [3.8, 4) is 11.1 Å². The fourth-order valence-corrected chi connectivity index (χ4v) is 3.54. The summed E-state index contributed by atoms with van der Waals surface area (Å²) in [5.74, 6) is -2.95. The Hall–Kier alpha value is -3.51. The van der Waals surface area contributed by atoms with E-state index in [2.05, 4.69) is 5.32 Å². The molecule has 0 spiro atoms. The molecule has 3 rings (SSSR count). The highest BCUT2D eigenvalue weighted by Gasteiger charge is 2.26. The van der Waals surface area contributed by atoms with Crippen LogP contribution in [-0.2, 0) is 11.2 Å². The van der Waals surface area contributed by atoms with Gasteiger partial charge < -0.3 is 15.5 Å². The fraction of sp³-hybridized carbons (Fsp3) is 0.231. The molecule has 0 aliphatic rings. The number of benzene rings is 3. The first-order chi connectivity index (χ1) is 15.4. The molecule has 1 amide bonds. The summed E-state index contributed by atoms with van der Waals surface area (Å²) in [5, 5.41) is 22.6. The Kier molecular flexibility index (Phi) is 8.11. The van der Waals surface area contributed by atoms with Gasteiger partial charge in [-0.2, -0.15) is 0 Å². The first kappa shape index (κ1) is 23.2. The zero-order valence-corrected chi connectivity index (χ0v) is 17.6. The Morgan fingerprint density at radius 1 is 0.844 bits per heavy atom. The number of aryl methyl sites for hydroxylation is 1. The van der Waals surface area contributed by atoms with Crippen molar-refractivity contribution in [1.82, 2.24) is 5.32 Å². The number of hydrogen-bond donors (Lipinski definition) is 3. The van der Waals surface area contributed by atoms with E-state index >= 15 is 0 Å². The summed E-state index contributed by atoms with van der Waals surface area (Å²) >= 11 is 0. The van der Waals surface area contributed by atoms with E-state index in [0.29, 0.717) is 12.8 Å². The van der Waals surface area contributed by atoms with E-state index in [0.717, 1.165) is 16.7 Å². The molecule has 0 heterocycles. The molecule has 0 bridgehead atoms. The van der Waals surface area contributed by atoms with Gasteiger partial charge in [0, 0.05) is 12.1 Å². The molecule has 0 saturated carbocycles. The van der Waals surface area contributed by atoms with E-state index in [4.69, 9.17) is 0 Å². The van der Waals surface area contributed by atoms with E-state index in [1.807, 2.05) is 54.6 Å². The van der Waals surface area contributed by atoms with Crippen molar-refractivity contribution in [2.75, 3.05) is 6.54 Å². The maximum Gasteiger partial charge on any atom is 0.309 e. The van der Waals surface area contributed by atoms with Gasteiger partial charge in [-0.05, 0) is 60.2 Å². The highest BCUT2D eigenvalue weighted by molar-refractivity contribution is 5.94. The molecule has 0 saturated heterocycles. The van der Waals surface area contributed by atoms with E-state index in [9.17, 15) is 24.2 Å². The number of aliphatic carboxylic acids is 1. The molecule has 0 fully saturated rings. The van der Waals surface area contributed by atoms with Gasteiger partial charge >= 0.3 is 5.97 Å². The summed E-state index contributed by atoms with van der Waals surface area (Å²) in [6.07, 6.45) is -0.102. The lowest BCUT2D eigenvalue weighted by atomic mass is 9.93. The van der Waals surface area contributed by atoms with Crippen molar-refractivity contribution in [2.24, 2.45) is 5.92 Å². The lowest BCUT2D eigenvalue weighted by Crippen LogP contribution is -2.33. The van der Waals surface area contributed by atoms with Crippen LogP contribution in [-0.4, -0.2) is 34.7 Å². The molecule has 0 aliphatic carbocycles. The Morgan fingerprint density at radius 3 is 2.09 bits per heavy atom. The molecule has 0 aliphatic heterocycles. The first-order valence-corrected chi connectivity index (χ1v) is 10.5. The van der Waals surface area contributed by atoms with Crippen molar-refractivity contribution in [1.29, 1.82) is 0 Å². The van der Waals surface area contributed by atoms with Gasteiger partial charge in [-0.25, -0.2) is 4.39 Å². The molecule has 0 radical (unpaired) electrons. The molecular formula is C26H26FNO4. The molecule has 3 N–H and O–H groups in total. The van der Waals surface area contributed by atoms with E-state index in [1.165, 1.54) is 24.3 Å². The number of nitrogens with one attached hydrogen (secondary N) is 1. The fourth-order valence-electron chi connectivity index (χ4n) is 3.54. The van der Waals surface area contributed by atoms with Crippen molar-refractivity contribution < 1.29 is 24.2 Å². The molecule has 3 aromatic carbocycles. The van der Waals surface area contributed by atoms with Crippen molar-refractivity contribution in [2.45, 2.75) is 25.4 Å². The average molecular weight is 435 g/mol. The average Bonchev–Trinajstić information content (AvgIpc) is 2.81. The monoisotopic (exact) mass is 435 g/mol. The van der Waals surface area contributed by atoms with Gasteiger partial charge in [0.25, 0.3) is 5.91 Å². The lowest BCUT2D eigenvalue weighted by molar-refractivity contribution is -0.146. The third-order valence-electron chi connectivity index (χ3n) is 5.42.